The number of hydrogen-bond donors (Lipinski definition) is 0. The van der Waals surface area contributed by atoms with Crippen molar-refractivity contribution < 1.29 is 29.1 Å². The first-order valence-corrected chi connectivity index (χ1v) is 3.43. The molecule has 0 aromatic heterocycles. The fraction of sp³-hybridized carbons (Fsp3) is 0.133. The Balaban J connectivity index is -0.0000000128. The molecule has 2 rings (SSSR count). The SMILES string of the molecule is [C-]1=CC=CC1.[C-]1=CC=CC1.[CH3-].[CH3-].[CH3-].[CH3-].[CH3-].[H-].[H-].[Zr]. The molecule has 0 radical (unpaired) electrons. The van der Waals surface area contributed by atoms with Gasteiger partial charge in [0.2, 0.25) is 0 Å². The van der Waals surface area contributed by atoms with Crippen LogP contribution >= 0.6 is 0 Å². The Morgan fingerprint density at radius 2 is 1.00 bits per heavy atom. The molecule has 0 aromatic rings. The van der Waals surface area contributed by atoms with Gasteiger partial charge in [-0.2, -0.15) is 12.2 Å². The van der Waals surface area contributed by atoms with E-state index in [1.807, 2.05) is 24.3 Å². The molecular weight excluding hydrogens is 271 g/mol. The summed E-state index contributed by atoms with van der Waals surface area (Å²) >= 11 is 0. The van der Waals surface area contributed by atoms with Gasteiger partial charge >= 0.3 is 0 Å². The molecule has 2 aliphatic carbocycles. The third kappa shape index (κ3) is 23.6. The van der Waals surface area contributed by atoms with E-state index in [4.69, 9.17) is 0 Å². The van der Waals surface area contributed by atoms with Crippen molar-refractivity contribution in [1.82, 2.24) is 0 Å². The maximum Gasteiger partial charge on any atom is 0 e. The van der Waals surface area contributed by atoms with Gasteiger partial charge in [0.1, 0.15) is 0 Å². The van der Waals surface area contributed by atoms with E-state index in [9.17, 15) is 0 Å². The summed E-state index contributed by atoms with van der Waals surface area (Å²) in [4.78, 5) is 0. The van der Waals surface area contributed by atoms with Crippen molar-refractivity contribution >= 4 is 0 Å². The zero-order chi connectivity index (χ0) is 7.07. The molecular formula is C15H27Zr-9. The van der Waals surface area contributed by atoms with Crippen molar-refractivity contribution in [3.8, 4) is 0 Å². The summed E-state index contributed by atoms with van der Waals surface area (Å²) in [5, 5.41) is 0. The third-order valence-electron chi connectivity index (χ3n) is 1.17. The summed E-state index contributed by atoms with van der Waals surface area (Å²) < 4.78 is 0. The number of allylic oxidation sites excluding steroid dienone is 8. The molecule has 0 saturated carbocycles. The zero-order valence-electron chi connectivity index (χ0n) is 13.4. The van der Waals surface area contributed by atoms with Crippen LogP contribution in [0.25, 0.3) is 0 Å². The Hall–Kier alpha value is -0.157. The molecule has 0 atom stereocenters. The van der Waals surface area contributed by atoms with Crippen LogP contribution in [0.3, 0.4) is 0 Å². The monoisotopic (exact) mass is 297 g/mol. The van der Waals surface area contributed by atoms with Crippen molar-refractivity contribution in [1.29, 1.82) is 0 Å². The molecule has 0 bridgehead atoms. The van der Waals surface area contributed by atoms with Crippen LogP contribution in [0, 0.1) is 49.3 Å². The maximum atomic E-state index is 2.99. The summed E-state index contributed by atoms with van der Waals surface area (Å²) in [6.07, 6.45) is 20.0. The summed E-state index contributed by atoms with van der Waals surface area (Å²) in [6.45, 7) is 0. The van der Waals surface area contributed by atoms with Gasteiger partial charge in [-0.3, -0.25) is 12.2 Å². The molecule has 2 aliphatic rings. The maximum absolute atomic E-state index is 2.99. The van der Waals surface area contributed by atoms with Gasteiger partial charge in [0, 0.05) is 26.2 Å². The molecule has 0 aromatic carbocycles. The normalized spacial score (nSPS) is 11.0. The second-order valence-electron chi connectivity index (χ2n) is 2.01. The molecule has 100 valence electrons. The topological polar surface area (TPSA) is 0 Å². The first-order valence-electron chi connectivity index (χ1n) is 3.43. The fourth-order valence-corrected chi connectivity index (χ4v) is 0.680. The second-order valence-corrected chi connectivity index (χ2v) is 2.01. The zero-order valence-corrected chi connectivity index (χ0v) is 13.8. The molecule has 0 unspecified atom stereocenters. The van der Waals surface area contributed by atoms with Crippen molar-refractivity contribution in [2.75, 3.05) is 0 Å². The standard InChI is InChI=1S/2C5H5.5CH3.Zr.2H/c2*1-2-4-5-3-1;;;;;;;;/h2*1-3H,4H2;5*1H3;;;/q7*-1;;2*-1. The van der Waals surface area contributed by atoms with Crippen LogP contribution < -0.4 is 0 Å². The summed E-state index contributed by atoms with van der Waals surface area (Å²) in [7, 11) is 0. The first kappa shape index (κ1) is 36.0. The van der Waals surface area contributed by atoms with Gasteiger partial charge in [-0.1, -0.05) is 0 Å². The summed E-state index contributed by atoms with van der Waals surface area (Å²) in [5.41, 5.74) is 0. The van der Waals surface area contributed by atoms with Crippen molar-refractivity contribution in [2.24, 2.45) is 0 Å². The van der Waals surface area contributed by atoms with E-state index < -0.39 is 0 Å². The predicted molar refractivity (Wildman–Crippen MR) is 77.4 cm³/mol. The minimum Gasteiger partial charge on any atom is -1.00 e. The molecule has 1 heteroatoms. The second kappa shape index (κ2) is 29.4. The van der Waals surface area contributed by atoms with Crippen LogP contribution in [0.15, 0.2) is 36.5 Å². The quantitative estimate of drug-likeness (QED) is 0.547. The first-order chi connectivity index (χ1) is 5.00. The molecule has 0 nitrogen and oxygen atoms in total. The third-order valence-corrected chi connectivity index (χ3v) is 1.17. The molecule has 0 spiro atoms. The predicted octanol–water partition coefficient (Wildman–Crippen LogP) is 5.09. The van der Waals surface area contributed by atoms with Crippen LogP contribution in [-0.2, 0) is 26.2 Å². The average Bonchev–Trinajstić information content (AvgIpc) is 2.67. The van der Waals surface area contributed by atoms with Gasteiger partial charge in [0.15, 0.2) is 0 Å². The van der Waals surface area contributed by atoms with Gasteiger partial charge in [0.05, 0.1) is 0 Å². The van der Waals surface area contributed by atoms with Gasteiger partial charge in [-0.25, -0.2) is 24.3 Å². The van der Waals surface area contributed by atoms with Gasteiger partial charge in [-0.05, 0) is 0 Å². The fourth-order valence-electron chi connectivity index (χ4n) is 0.680. The van der Waals surface area contributed by atoms with Gasteiger partial charge in [0.25, 0.3) is 0 Å². The smallest absolute Gasteiger partial charge is 0 e. The van der Waals surface area contributed by atoms with E-state index in [-0.39, 0.29) is 66.2 Å². The van der Waals surface area contributed by atoms with Gasteiger partial charge in [-0.15, -0.1) is 12.8 Å². The Morgan fingerprint density at radius 3 is 1.06 bits per heavy atom. The minimum absolute atomic E-state index is 0. The number of rotatable bonds is 0. The van der Waals surface area contributed by atoms with Gasteiger partial charge < -0.3 is 40.0 Å². The molecule has 0 N–H and O–H groups in total. The Kier molecular flexibility index (Phi) is 66.1. The molecule has 0 heterocycles. The van der Waals surface area contributed by atoms with Crippen molar-refractivity contribution in [3.05, 3.63) is 85.7 Å². The van der Waals surface area contributed by atoms with Crippen LogP contribution in [0.1, 0.15) is 15.7 Å². The van der Waals surface area contributed by atoms with E-state index in [1.165, 1.54) is 0 Å². The van der Waals surface area contributed by atoms with Crippen LogP contribution in [0.2, 0.25) is 0 Å². The van der Waals surface area contributed by atoms with E-state index in [0.717, 1.165) is 12.8 Å². The largest absolute Gasteiger partial charge is 1.00 e. The Morgan fingerprint density at radius 1 is 0.688 bits per heavy atom. The minimum atomic E-state index is 0. The van der Waals surface area contributed by atoms with E-state index in [2.05, 4.69) is 24.3 Å². The van der Waals surface area contributed by atoms with Crippen molar-refractivity contribution in [3.63, 3.8) is 0 Å². The summed E-state index contributed by atoms with van der Waals surface area (Å²) in [6, 6.07) is 0. The number of hydrogen-bond acceptors (Lipinski definition) is 0. The van der Waals surface area contributed by atoms with E-state index in [0.29, 0.717) is 0 Å². The van der Waals surface area contributed by atoms with Crippen LogP contribution in [0.4, 0.5) is 0 Å². The van der Waals surface area contributed by atoms with Crippen molar-refractivity contribution in [2.45, 2.75) is 12.8 Å². The Labute approximate surface area is 127 Å². The van der Waals surface area contributed by atoms with Crippen LogP contribution in [0.5, 0.6) is 0 Å². The molecule has 0 fully saturated rings. The molecule has 0 aliphatic heterocycles. The molecule has 0 amide bonds. The summed E-state index contributed by atoms with van der Waals surface area (Å²) in [5.74, 6) is 0. The van der Waals surface area contributed by atoms with E-state index >= 15 is 0 Å². The van der Waals surface area contributed by atoms with E-state index in [1.54, 1.807) is 0 Å². The molecule has 0 saturated heterocycles. The average molecular weight is 299 g/mol. The Bertz CT molecular complexity index is 153. The van der Waals surface area contributed by atoms with Crippen LogP contribution in [-0.4, -0.2) is 0 Å². The molecule has 16 heavy (non-hydrogen) atoms.